The maximum absolute atomic E-state index is 13.9. The molecule has 0 saturated carbocycles. The SMILES string of the molecule is CCNC(=O)[C@@H](C)N(Cc1ccc(C)cc1)C(=O)CN(c1ccccc1CC)S(=O)(=O)c1ccccc1. The maximum Gasteiger partial charge on any atom is 0.264 e. The van der Waals surface area contributed by atoms with Gasteiger partial charge in [-0.2, -0.15) is 0 Å². The molecule has 0 aliphatic rings. The number of benzene rings is 3. The molecule has 37 heavy (non-hydrogen) atoms. The van der Waals surface area contributed by atoms with Crippen LogP contribution in [0.15, 0.2) is 83.8 Å². The van der Waals surface area contributed by atoms with Gasteiger partial charge in [-0.25, -0.2) is 8.42 Å². The third-order valence-electron chi connectivity index (χ3n) is 6.24. The van der Waals surface area contributed by atoms with E-state index in [0.717, 1.165) is 21.0 Å². The first kappa shape index (κ1) is 27.9. The lowest BCUT2D eigenvalue weighted by Gasteiger charge is -2.32. The first-order valence-corrected chi connectivity index (χ1v) is 13.9. The van der Waals surface area contributed by atoms with Gasteiger partial charge in [0.2, 0.25) is 11.8 Å². The highest BCUT2D eigenvalue weighted by Gasteiger charge is 2.33. The molecule has 0 unspecified atom stereocenters. The lowest BCUT2D eigenvalue weighted by Crippen LogP contribution is -2.51. The van der Waals surface area contributed by atoms with Gasteiger partial charge in [-0.3, -0.25) is 13.9 Å². The summed E-state index contributed by atoms with van der Waals surface area (Å²) >= 11 is 0. The normalized spacial score (nSPS) is 12.0. The fraction of sp³-hybridized carbons (Fsp3) is 0.310. The molecule has 3 aromatic rings. The number of rotatable bonds is 11. The molecule has 1 N–H and O–H groups in total. The third kappa shape index (κ3) is 6.77. The summed E-state index contributed by atoms with van der Waals surface area (Å²) in [6.45, 7) is 7.54. The largest absolute Gasteiger partial charge is 0.355 e. The third-order valence-corrected chi connectivity index (χ3v) is 8.02. The molecular formula is C29H35N3O4S. The molecule has 196 valence electrons. The summed E-state index contributed by atoms with van der Waals surface area (Å²) in [5, 5.41) is 2.77. The Morgan fingerprint density at radius 3 is 2.14 bits per heavy atom. The number of likely N-dealkylation sites (N-methyl/N-ethyl adjacent to an activating group) is 1. The number of nitrogens with zero attached hydrogens (tertiary/aromatic N) is 2. The van der Waals surface area contributed by atoms with Gasteiger partial charge in [-0.1, -0.05) is 73.2 Å². The van der Waals surface area contributed by atoms with Crippen molar-refractivity contribution >= 4 is 27.5 Å². The Labute approximate surface area is 220 Å². The molecule has 0 radical (unpaired) electrons. The van der Waals surface area contributed by atoms with Crippen LogP contribution >= 0.6 is 0 Å². The molecule has 0 heterocycles. The van der Waals surface area contributed by atoms with E-state index >= 15 is 0 Å². The van der Waals surface area contributed by atoms with Crippen LogP contribution in [0.4, 0.5) is 5.69 Å². The van der Waals surface area contributed by atoms with E-state index in [2.05, 4.69) is 5.32 Å². The van der Waals surface area contributed by atoms with E-state index in [9.17, 15) is 18.0 Å². The van der Waals surface area contributed by atoms with Gasteiger partial charge < -0.3 is 10.2 Å². The molecule has 3 aromatic carbocycles. The van der Waals surface area contributed by atoms with Crippen LogP contribution in [0.1, 0.15) is 37.5 Å². The Hall–Kier alpha value is -3.65. The summed E-state index contributed by atoms with van der Waals surface area (Å²) in [7, 11) is -4.06. The Morgan fingerprint density at radius 2 is 1.51 bits per heavy atom. The van der Waals surface area contributed by atoms with Gasteiger partial charge >= 0.3 is 0 Å². The summed E-state index contributed by atoms with van der Waals surface area (Å²) in [6.07, 6.45) is 0.591. The number of carbonyl (C=O) groups excluding carboxylic acids is 2. The van der Waals surface area contributed by atoms with Crippen molar-refractivity contribution in [3.63, 3.8) is 0 Å². The first-order chi connectivity index (χ1) is 17.7. The number of aryl methyl sites for hydroxylation is 2. The Morgan fingerprint density at radius 1 is 0.892 bits per heavy atom. The smallest absolute Gasteiger partial charge is 0.264 e. The molecule has 3 rings (SSSR count). The molecule has 0 bridgehead atoms. The van der Waals surface area contributed by atoms with Gasteiger partial charge in [0.05, 0.1) is 10.6 Å². The lowest BCUT2D eigenvalue weighted by atomic mass is 10.1. The quantitative estimate of drug-likeness (QED) is 0.408. The van der Waals surface area contributed by atoms with E-state index in [-0.39, 0.29) is 17.3 Å². The van der Waals surface area contributed by atoms with Gasteiger partial charge in [0.1, 0.15) is 12.6 Å². The average Bonchev–Trinajstić information content (AvgIpc) is 2.91. The molecule has 0 aliphatic heterocycles. The Bertz CT molecular complexity index is 1310. The second kappa shape index (κ2) is 12.5. The van der Waals surface area contributed by atoms with Crippen LogP contribution in [-0.4, -0.2) is 44.3 Å². The Balaban J connectivity index is 2.05. The summed E-state index contributed by atoms with van der Waals surface area (Å²) in [4.78, 5) is 28.2. The summed E-state index contributed by atoms with van der Waals surface area (Å²) in [5.41, 5.74) is 3.18. The van der Waals surface area contributed by atoms with Crippen LogP contribution in [0, 0.1) is 6.92 Å². The molecule has 8 heteroatoms. The van der Waals surface area contributed by atoms with E-state index in [1.807, 2.05) is 57.2 Å². The molecule has 0 spiro atoms. The van der Waals surface area contributed by atoms with Crippen molar-refractivity contribution in [2.45, 2.75) is 51.6 Å². The van der Waals surface area contributed by atoms with Crippen LogP contribution in [0.2, 0.25) is 0 Å². The maximum atomic E-state index is 13.9. The van der Waals surface area contributed by atoms with Gasteiger partial charge in [-0.05, 0) is 56.5 Å². The number of amides is 2. The first-order valence-electron chi connectivity index (χ1n) is 12.5. The van der Waals surface area contributed by atoms with E-state index in [0.29, 0.717) is 18.7 Å². The summed E-state index contributed by atoms with van der Waals surface area (Å²) in [6, 6.07) is 22.2. The molecule has 0 saturated heterocycles. The monoisotopic (exact) mass is 521 g/mol. The number of hydrogen-bond acceptors (Lipinski definition) is 4. The Kier molecular flexibility index (Phi) is 9.47. The minimum Gasteiger partial charge on any atom is -0.355 e. The molecule has 1 atom stereocenters. The van der Waals surface area contributed by atoms with Crippen molar-refractivity contribution in [3.05, 3.63) is 95.6 Å². The van der Waals surface area contributed by atoms with E-state index in [1.165, 1.54) is 17.0 Å². The zero-order chi connectivity index (χ0) is 27.0. The van der Waals surface area contributed by atoms with Crippen LogP contribution in [-0.2, 0) is 32.6 Å². The highest BCUT2D eigenvalue weighted by molar-refractivity contribution is 7.92. The van der Waals surface area contributed by atoms with Crippen molar-refractivity contribution < 1.29 is 18.0 Å². The number of hydrogen-bond donors (Lipinski definition) is 1. The second-order valence-electron chi connectivity index (χ2n) is 8.88. The molecular weight excluding hydrogens is 486 g/mol. The summed E-state index contributed by atoms with van der Waals surface area (Å²) in [5.74, 6) is -0.765. The van der Waals surface area contributed by atoms with Crippen molar-refractivity contribution in [1.29, 1.82) is 0 Å². The predicted molar refractivity (Wildman–Crippen MR) is 147 cm³/mol. The van der Waals surface area contributed by atoms with Crippen molar-refractivity contribution in [2.75, 3.05) is 17.4 Å². The molecule has 7 nitrogen and oxygen atoms in total. The second-order valence-corrected chi connectivity index (χ2v) is 10.7. The van der Waals surface area contributed by atoms with Gasteiger partial charge in [0.15, 0.2) is 0 Å². The molecule has 2 amide bonds. The summed E-state index contributed by atoms with van der Waals surface area (Å²) < 4.78 is 28.8. The number of para-hydroxylation sites is 1. The number of sulfonamides is 1. The predicted octanol–water partition coefficient (Wildman–Crippen LogP) is 4.31. The van der Waals surface area contributed by atoms with Gasteiger partial charge in [0, 0.05) is 13.1 Å². The standard InChI is InChI=1S/C29H35N3O4S/c1-5-25-12-10-11-15-27(25)32(37(35,36)26-13-8-7-9-14-26)21-28(33)31(23(4)29(34)30-6-2)20-24-18-16-22(3)17-19-24/h7-19,23H,5-6,20-21H2,1-4H3,(H,30,34)/t23-/m1/s1. The number of carbonyl (C=O) groups is 2. The highest BCUT2D eigenvalue weighted by Crippen LogP contribution is 2.28. The average molecular weight is 522 g/mol. The minimum atomic E-state index is -4.06. The topological polar surface area (TPSA) is 86.8 Å². The van der Waals surface area contributed by atoms with Crippen LogP contribution < -0.4 is 9.62 Å². The van der Waals surface area contributed by atoms with Crippen molar-refractivity contribution in [1.82, 2.24) is 10.2 Å². The van der Waals surface area contributed by atoms with Gasteiger partial charge in [0.25, 0.3) is 10.0 Å². The zero-order valence-electron chi connectivity index (χ0n) is 21.8. The van der Waals surface area contributed by atoms with Crippen LogP contribution in [0.25, 0.3) is 0 Å². The van der Waals surface area contributed by atoms with Crippen molar-refractivity contribution in [2.24, 2.45) is 0 Å². The highest BCUT2D eigenvalue weighted by atomic mass is 32.2. The van der Waals surface area contributed by atoms with Crippen LogP contribution in [0.5, 0.6) is 0 Å². The number of anilines is 1. The fourth-order valence-electron chi connectivity index (χ4n) is 4.08. The zero-order valence-corrected chi connectivity index (χ0v) is 22.7. The van der Waals surface area contributed by atoms with E-state index < -0.39 is 28.5 Å². The van der Waals surface area contributed by atoms with Crippen molar-refractivity contribution in [3.8, 4) is 0 Å². The van der Waals surface area contributed by atoms with E-state index in [4.69, 9.17) is 0 Å². The van der Waals surface area contributed by atoms with E-state index in [1.54, 1.807) is 37.3 Å². The minimum absolute atomic E-state index is 0.0931. The lowest BCUT2D eigenvalue weighted by molar-refractivity contribution is -0.139. The molecule has 0 aromatic heterocycles. The fourth-order valence-corrected chi connectivity index (χ4v) is 5.55. The van der Waals surface area contributed by atoms with Gasteiger partial charge in [-0.15, -0.1) is 0 Å². The number of nitrogens with one attached hydrogen (secondary N) is 1. The molecule has 0 fully saturated rings. The van der Waals surface area contributed by atoms with Crippen LogP contribution in [0.3, 0.4) is 0 Å². The molecule has 0 aliphatic carbocycles.